The number of rotatable bonds is 6. The Morgan fingerprint density at radius 1 is 0.708 bits per heavy atom. The lowest BCUT2D eigenvalue weighted by Gasteiger charge is -2.21. The first-order valence-corrected chi connectivity index (χ1v) is 8.96. The Hall–Kier alpha value is -2.36. The van der Waals surface area contributed by atoms with Crippen molar-refractivity contribution in [3.05, 3.63) is 36.4 Å². The second-order valence-corrected chi connectivity index (χ2v) is 5.98. The number of aromatic amines is 1. The molecule has 0 bridgehead atoms. The standard InChI is InChI=1S/C20H26N4/c1-5-23(6-2)15-9-11-17-19(13-15)22-20-14-16(24(7-3)8-4)10-12-18(20)21-17/h9-14H,5-8H2,1-4H3/p+1. The van der Waals surface area contributed by atoms with Gasteiger partial charge in [-0.05, 0) is 52.0 Å². The van der Waals surface area contributed by atoms with Crippen LogP contribution in [0.1, 0.15) is 27.7 Å². The molecule has 1 aromatic heterocycles. The predicted molar refractivity (Wildman–Crippen MR) is 103 cm³/mol. The maximum absolute atomic E-state index is 4.92. The summed E-state index contributed by atoms with van der Waals surface area (Å²) in [5, 5.41) is 0. The van der Waals surface area contributed by atoms with Crippen molar-refractivity contribution in [2.75, 3.05) is 36.0 Å². The number of H-pyrrole nitrogens is 1. The molecule has 126 valence electrons. The van der Waals surface area contributed by atoms with Crippen molar-refractivity contribution in [2.45, 2.75) is 27.7 Å². The van der Waals surface area contributed by atoms with Gasteiger partial charge in [-0.2, -0.15) is 0 Å². The highest BCUT2D eigenvalue weighted by molar-refractivity contribution is 5.85. The van der Waals surface area contributed by atoms with E-state index in [0.29, 0.717) is 0 Å². The van der Waals surface area contributed by atoms with Crippen LogP contribution >= 0.6 is 0 Å². The molecule has 1 N–H and O–H groups in total. The van der Waals surface area contributed by atoms with Gasteiger partial charge in [0.15, 0.2) is 0 Å². The molecule has 24 heavy (non-hydrogen) atoms. The average Bonchev–Trinajstić information content (AvgIpc) is 2.62. The molecule has 0 atom stereocenters. The minimum atomic E-state index is 1.01. The topological polar surface area (TPSA) is 33.5 Å². The van der Waals surface area contributed by atoms with E-state index in [-0.39, 0.29) is 0 Å². The summed E-state index contributed by atoms with van der Waals surface area (Å²) in [5.41, 5.74) is 6.65. The van der Waals surface area contributed by atoms with Crippen molar-refractivity contribution in [1.82, 2.24) is 4.98 Å². The molecular weight excluding hydrogens is 296 g/mol. The molecule has 0 aliphatic heterocycles. The number of anilines is 2. The Balaban J connectivity index is 2.11. The van der Waals surface area contributed by atoms with Gasteiger partial charge in [0.25, 0.3) is 0 Å². The molecule has 2 aromatic carbocycles. The van der Waals surface area contributed by atoms with Gasteiger partial charge < -0.3 is 9.80 Å². The summed E-state index contributed by atoms with van der Waals surface area (Å²) in [6.45, 7) is 12.8. The highest BCUT2D eigenvalue weighted by Gasteiger charge is 2.12. The van der Waals surface area contributed by atoms with Gasteiger partial charge in [-0.15, -0.1) is 0 Å². The number of hydrogen-bond acceptors (Lipinski definition) is 3. The summed E-state index contributed by atoms with van der Waals surface area (Å²) in [7, 11) is 0. The molecule has 4 heteroatoms. The van der Waals surface area contributed by atoms with Crippen LogP contribution in [-0.4, -0.2) is 31.2 Å². The average molecular weight is 323 g/mol. The molecule has 0 aliphatic rings. The van der Waals surface area contributed by atoms with Crippen LogP contribution in [0.2, 0.25) is 0 Å². The van der Waals surface area contributed by atoms with Gasteiger partial charge in [-0.1, -0.05) is 0 Å². The fourth-order valence-electron chi connectivity index (χ4n) is 3.28. The van der Waals surface area contributed by atoms with Crippen molar-refractivity contribution < 1.29 is 4.98 Å². The maximum Gasteiger partial charge on any atom is 0.230 e. The van der Waals surface area contributed by atoms with E-state index < -0.39 is 0 Å². The first-order valence-electron chi connectivity index (χ1n) is 8.96. The summed E-state index contributed by atoms with van der Waals surface area (Å²) in [4.78, 5) is 13.1. The predicted octanol–water partition coefficient (Wildman–Crippen LogP) is 3.89. The van der Waals surface area contributed by atoms with Crippen LogP contribution in [0.15, 0.2) is 36.4 Å². The Kier molecular flexibility index (Phi) is 4.84. The fourth-order valence-corrected chi connectivity index (χ4v) is 3.28. The largest absolute Gasteiger partial charge is 0.372 e. The molecule has 0 radical (unpaired) electrons. The van der Waals surface area contributed by atoms with Gasteiger partial charge in [0, 0.05) is 49.7 Å². The van der Waals surface area contributed by atoms with Crippen LogP contribution in [0.4, 0.5) is 11.4 Å². The lowest BCUT2D eigenvalue weighted by molar-refractivity contribution is -0.310. The van der Waals surface area contributed by atoms with E-state index >= 15 is 0 Å². The number of benzene rings is 2. The maximum atomic E-state index is 4.92. The van der Waals surface area contributed by atoms with E-state index in [4.69, 9.17) is 4.98 Å². The van der Waals surface area contributed by atoms with Gasteiger partial charge in [0.1, 0.15) is 11.0 Å². The first-order chi connectivity index (χ1) is 11.7. The van der Waals surface area contributed by atoms with Gasteiger partial charge in [0.05, 0.1) is 0 Å². The summed E-state index contributed by atoms with van der Waals surface area (Å²) in [6, 6.07) is 13.0. The van der Waals surface area contributed by atoms with Gasteiger partial charge in [-0.3, -0.25) is 0 Å². The van der Waals surface area contributed by atoms with Crippen LogP contribution in [-0.2, 0) is 0 Å². The third kappa shape index (κ3) is 3.01. The van der Waals surface area contributed by atoms with Crippen molar-refractivity contribution in [3.8, 4) is 0 Å². The Labute approximate surface area is 144 Å². The summed E-state index contributed by atoms with van der Waals surface area (Å²) >= 11 is 0. The fraction of sp³-hybridized carbons (Fsp3) is 0.400. The molecule has 0 saturated heterocycles. The quantitative estimate of drug-likeness (QED) is 0.645. The number of nitrogens with one attached hydrogen (secondary N) is 1. The zero-order valence-corrected chi connectivity index (χ0v) is 15.1. The van der Waals surface area contributed by atoms with Crippen molar-refractivity contribution in [3.63, 3.8) is 0 Å². The minimum absolute atomic E-state index is 1.01. The third-order valence-electron chi connectivity index (χ3n) is 4.73. The van der Waals surface area contributed by atoms with Gasteiger partial charge >= 0.3 is 0 Å². The number of aromatic nitrogens is 2. The lowest BCUT2D eigenvalue weighted by atomic mass is 10.2. The van der Waals surface area contributed by atoms with E-state index in [2.05, 4.69) is 78.9 Å². The Bertz CT molecular complexity index is 769. The smallest absolute Gasteiger partial charge is 0.230 e. The van der Waals surface area contributed by atoms with E-state index in [1.165, 1.54) is 11.4 Å². The molecule has 4 nitrogen and oxygen atoms in total. The SMILES string of the molecule is CCN(CC)c1ccc2[nH+]c3ccc(N(CC)CC)cc3nc2c1. The monoisotopic (exact) mass is 323 g/mol. The molecule has 0 spiro atoms. The third-order valence-corrected chi connectivity index (χ3v) is 4.73. The molecule has 1 heterocycles. The molecule has 0 unspecified atom stereocenters. The van der Waals surface area contributed by atoms with Crippen LogP contribution in [0.5, 0.6) is 0 Å². The van der Waals surface area contributed by atoms with Crippen molar-refractivity contribution in [1.29, 1.82) is 0 Å². The van der Waals surface area contributed by atoms with Crippen LogP contribution in [0, 0.1) is 0 Å². The van der Waals surface area contributed by atoms with E-state index in [9.17, 15) is 0 Å². The van der Waals surface area contributed by atoms with Gasteiger partial charge in [-0.25, -0.2) is 9.97 Å². The molecule has 0 aliphatic carbocycles. The van der Waals surface area contributed by atoms with E-state index in [0.717, 1.165) is 48.2 Å². The van der Waals surface area contributed by atoms with Crippen LogP contribution < -0.4 is 14.8 Å². The van der Waals surface area contributed by atoms with Crippen LogP contribution in [0.25, 0.3) is 22.1 Å². The molecule has 0 saturated carbocycles. The Morgan fingerprint density at radius 3 is 1.50 bits per heavy atom. The second-order valence-electron chi connectivity index (χ2n) is 5.98. The summed E-state index contributed by atoms with van der Waals surface area (Å²) in [5.74, 6) is 0. The highest BCUT2D eigenvalue weighted by atomic mass is 15.1. The van der Waals surface area contributed by atoms with E-state index in [1.54, 1.807) is 0 Å². The van der Waals surface area contributed by atoms with Crippen molar-refractivity contribution >= 4 is 33.4 Å². The van der Waals surface area contributed by atoms with Crippen LogP contribution in [0.3, 0.4) is 0 Å². The summed E-state index contributed by atoms with van der Waals surface area (Å²) < 4.78 is 0. The molecular formula is C20H27N4+. The summed E-state index contributed by atoms with van der Waals surface area (Å²) in [6.07, 6.45) is 0. The Morgan fingerprint density at radius 2 is 1.12 bits per heavy atom. The highest BCUT2D eigenvalue weighted by Crippen LogP contribution is 2.23. The number of nitrogens with zero attached hydrogens (tertiary/aromatic N) is 3. The lowest BCUT2D eigenvalue weighted by Crippen LogP contribution is -2.22. The molecule has 0 fully saturated rings. The molecule has 3 aromatic rings. The minimum Gasteiger partial charge on any atom is -0.372 e. The van der Waals surface area contributed by atoms with E-state index in [1.807, 2.05) is 0 Å². The zero-order chi connectivity index (χ0) is 17.1. The number of hydrogen-bond donors (Lipinski definition) is 0. The second kappa shape index (κ2) is 7.04. The normalized spacial score (nSPS) is 11.2. The zero-order valence-electron chi connectivity index (χ0n) is 15.1. The molecule has 3 rings (SSSR count). The molecule has 0 amide bonds. The van der Waals surface area contributed by atoms with Gasteiger partial charge in [0.2, 0.25) is 11.0 Å². The van der Waals surface area contributed by atoms with Crippen molar-refractivity contribution in [2.24, 2.45) is 0 Å². The first kappa shape index (κ1) is 16.5. The number of fused-ring (bicyclic) bond motifs is 2.